The van der Waals surface area contributed by atoms with Crippen LogP contribution in [0.15, 0.2) is 45.8 Å². The number of hydrogen-bond acceptors (Lipinski definition) is 9. The highest BCUT2D eigenvalue weighted by atomic mass is 32.1. The van der Waals surface area contributed by atoms with Crippen molar-refractivity contribution in [3.63, 3.8) is 0 Å². The average Bonchev–Trinajstić information content (AvgIpc) is 3.59. The van der Waals surface area contributed by atoms with Crippen LogP contribution in [0.25, 0.3) is 11.3 Å². The van der Waals surface area contributed by atoms with Crippen molar-refractivity contribution in [2.75, 3.05) is 47.7 Å². The van der Waals surface area contributed by atoms with Gasteiger partial charge in [-0.3, -0.25) is 4.99 Å². The molecule has 2 aliphatic heterocycles. The molecule has 0 unspecified atom stereocenters. The topological polar surface area (TPSA) is 85.0 Å². The second-order valence-corrected chi connectivity index (χ2v) is 9.08. The summed E-state index contributed by atoms with van der Waals surface area (Å²) in [6.07, 6.45) is 3.98. The zero-order chi connectivity index (χ0) is 24.9. The third-order valence-electron chi connectivity index (χ3n) is 6.03. The molecule has 0 N–H and O–H groups in total. The number of aromatic nitrogens is 1. The van der Waals surface area contributed by atoms with Crippen LogP contribution < -0.4 is 28.5 Å². The second-order valence-electron chi connectivity index (χ2n) is 8.24. The third-order valence-corrected chi connectivity index (χ3v) is 6.88. The number of rotatable bonds is 8. The van der Waals surface area contributed by atoms with Crippen LogP contribution in [-0.4, -0.2) is 64.7 Å². The van der Waals surface area contributed by atoms with E-state index in [2.05, 4.69) is 0 Å². The Hall–Kier alpha value is -3.50. The van der Waals surface area contributed by atoms with Crippen molar-refractivity contribution in [1.82, 2.24) is 4.68 Å². The number of methoxy groups -OCH3 is 3. The van der Waals surface area contributed by atoms with Gasteiger partial charge in [-0.25, -0.2) is 4.68 Å². The van der Waals surface area contributed by atoms with Crippen molar-refractivity contribution >= 4 is 17.6 Å². The highest BCUT2D eigenvalue weighted by molar-refractivity contribution is 7.07. The van der Waals surface area contributed by atoms with Crippen molar-refractivity contribution in [2.45, 2.75) is 18.9 Å². The van der Waals surface area contributed by atoms with E-state index in [1.165, 1.54) is 11.3 Å². The molecular weight excluding hydrogens is 482 g/mol. The van der Waals surface area contributed by atoms with Gasteiger partial charge in [-0.05, 0) is 37.1 Å². The Labute approximate surface area is 213 Å². The molecule has 36 heavy (non-hydrogen) atoms. The minimum atomic E-state index is 0.146. The molecule has 9 nitrogen and oxygen atoms in total. The predicted molar refractivity (Wildman–Crippen MR) is 137 cm³/mol. The molecule has 1 aromatic heterocycles. The summed E-state index contributed by atoms with van der Waals surface area (Å²) in [5.41, 5.74) is 2.58. The van der Waals surface area contributed by atoms with Crippen molar-refractivity contribution < 1.29 is 28.4 Å². The van der Waals surface area contributed by atoms with E-state index in [0.29, 0.717) is 37.0 Å². The van der Waals surface area contributed by atoms with Gasteiger partial charge in [-0.1, -0.05) is 0 Å². The minimum absolute atomic E-state index is 0.146. The molecule has 2 aliphatic rings. The molecule has 10 heteroatoms. The van der Waals surface area contributed by atoms with Crippen molar-refractivity contribution in [3.05, 3.63) is 46.1 Å². The Morgan fingerprint density at radius 1 is 0.972 bits per heavy atom. The monoisotopic (exact) mass is 511 g/mol. The number of nitrogens with zero attached hydrogens (tertiary/aromatic N) is 3. The molecule has 0 radical (unpaired) electrons. The lowest BCUT2D eigenvalue weighted by atomic mass is 10.1. The number of fused-ring (bicyclic) bond motifs is 1. The Kier molecular flexibility index (Phi) is 7.43. The molecule has 0 amide bonds. The molecule has 1 saturated heterocycles. The van der Waals surface area contributed by atoms with Gasteiger partial charge in [0.25, 0.3) is 0 Å². The molecule has 2 aromatic carbocycles. The maximum absolute atomic E-state index is 5.80. The van der Waals surface area contributed by atoms with E-state index >= 15 is 0 Å². The summed E-state index contributed by atoms with van der Waals surface area (Å²) in [6, 6.07) is 9.52. The SMILES string of the molecule is COc1cc(OC)c(OC)cc1/C=N\n1c(-c2ccc3c(c2)OCCO3)csc1=NC[C@H]1CCCO1. The van der Waals surface area contributed by atoms with Gasteiger partial charge in [0.2, 0.25) is 4.80 Å². The first kappa shape index (κ1) is 24.2. The first-order valence-electron chi connectivity index (χ1n) is 11.8. The summed E-state index contributed by atoms with van der Waals surface area (Å²) >= 11 is 1.53. The first-order valence-corrected chi connectivity index (χ1v) is 12.6. The van der Waals surface area contributed by atoms with Gasteiger partial charge in [0, 0.05) is 29.2 Å². The van der Waals surface area contributed by atoms with Crippen molar-refractivity contribution in [2.24, 2.45) is 10.1 Å². The Morgan fingerprint density at radius 3 is 2.50 bits per heavy atom. The van der Waals surface area contributed by atoms with E-state index in [4.69, 9.17) is 38.5 Å². The van der Waals surface area contributed by atoms with Crippen LogP contribution in [-0.2, 0) is 4.74 Å². The quantitative estimate of drug-likeness (QED) is 0.426. The van der Waals surface area contributed by atoms with Crippen LogP contribution in [0.2, 0.25) is 0 Å². The normalized spacial score (nSPS) is 17.5. The standard InChI is InChI=1S/C26H29N3O6S/c1-30-22-13-24(32-3)23(31-2)12-18(22)14-28-29-20(16-36-26(29)27-15-19-5-4-8-33-19)17-6-7-21-25(11-17)35-10-9-34-21/h6-7,11-14,16,19H,4-5,8-10,15H2,1-3H3/b27-26?,28-14-/t19-/m1/s1. The van der Waals surface area contributed by atoms with Crippen LogP contribution in [0.1, 0.15) is 18.4 Å². The predicted octanol–water partition coefficient (Wildman–Crippen LogP) is 3.98. The zero-order valence-electron chi connectivity index (χ0n) is 20.6. The summed E-state index contributed by atoms with van der Waals surface area (Å²) in [5.74, 6) is 3.25. The van der Waals surface area contributed by atoms with Crippen LogP contribution in [0.3, 0.4) is 0 Å². The largest absolute Gasteiger partial charge is 0.496 e. The van der Waals surface area contributed by atoms with Gasteiger partial charge in [0.15, 0.2) is 23.0 Å². The molecule has 3 aromatic rings. The van der Waals surface area contributed by atoms with Gasteiger partial charge in [0.1, 0.15) is 19.0 Å². The van der Waals surface area contributed by atoms with E-state index in [9.17, 15) is 0 Å². The summed E-state index contributed by atoms with van der Waals surface area (Å²) in [7, 11) is 4.80. The van der Waals surface area contributed by atoms with Crippen LogP contribution in [0.4, 0.5) is 0 Å². The fraction of sp³-hybridized carbons (Fsp3) is 0.385. The molecule has 190 valence electrons. The van der Waals surface area contributed by atoms with Crippen molar-refractivity contribution in [1.29, 1.82) is 0 Å². The van der Waals surface area contributed by atoms with Gasteiger partial charge < -0.3 is 28.4 Å². The molecule has 1 atom stereocenters. The zero-order valence-corrected chi connectivity index (χ0v) is 21.4. The molecule has 0 spiro atoms. The maximum Gasteiger partial charge on any atom is 0.206 e. The molecule has 3 heterocycles. The number of thiazole rings is 1. The fourth-order valence-corrected chi connectivity index (χ4v) is 5.01. The summed E-state index contributed by atoms with van der Waals surface area (Å²) in [4.78, 5) is 5.62. The molecular formula is C26H29N3O6S. The Morgan fingerprint density at radius 2 is 1.75 bits per heavy atom. The molecule has 0 aliphatic carbocycles. The van der Waals surface area contributed by atoms with Gasteiger partial charge in [0.05, 0.1) is 45.9 Å². The summed E-state index contributed by atoms with van der Waals surface area (Å²) < 4.78 is 35.5. The highest BCUT2D eigenvalue weighted by Gasteiger charge is 2.17. The van der Waals surface area contributed by atoms with Crippen LogP contribution in [0.5, 0.6) is 28.7 Å². The third kappa shape index (κ3) is 5.05. The van der Waals surface area contributed by atoms with Crippen molar-refractivity contribution in [3.8, 4) is 40.0 Å². The average molecular weight is 512 g/mol. The molecule has 1 fully saturated rings. The second kappa shape index (κ2) is 11.0. The summed E-state index contributed by atoms with van der Waals surface area (Å²) in [6.45, 7) is 2.47. The fourth-order valence-electron chi connectivity index (χ4n) is 4.16. The lowest BCUT2D eigenvalue weighted by Gasteiger charge is -2.18. The van der Waals surface area contributed by atoms with E-state index < -0.39 is 0 Å². The van der Waals surface area contributed by atoms with Gasteiger partial charge in [-0.2, -0.15) is 5.10 Å². The van der Waals surface area contributed by atoms with E-state index in [-0.39, 0.29) is 6.10 Å². The first-order chi connectivity index (χ1) is 17.7. The minimum Gasteiger partial charge on any atom is -0.496 e. The Bertz CT molecular complexity index is 1310. The molecule has 0 saturated carbocycles. The lowest BCUT2D eigenvalue weighted by molar-refractivity contribution is 0.117. The smallest absolute Gasteiger partial charge is 0.206 e. The van der Waals surface area contributed by atoms with Crippen LogP contribution >= 0.6 is 11.3 Å². The van der Waals surface area contributed by atoms with E-state index in [1.54, 1.807) is 33.6 Å². The van der Waals surface area contributed by atoms with Crippen LogP contribution in [0, 0.1) is 0 Å². The van der Waals surface area contributed by atoms with E-state index in [0.717, 1.165) is 52.6 Å². The highest BCUT2D eigenvalue weighted by Crippen LogP contribution is 2.36. The Balaban J connectivity index is 1.56. The van der Waals surface area contributed by atoms with Gasteiger partial charge >= 0.3 is 0 Å². The molecule has 0 bridgehead atoms. The number of hydrogen-bond donors (Lipinski definition) is 0. The van der Waals surface area contributed by atoms with Gasteiger partial charge in [-0.15, -0.1) is 11.3 Å². The van der Waals surface area contributed by atoms with E-state index in [1.807, 2.05) is 34.3 Å². The number of ether oxygens (including phenoxy) is 6. The molecule has 5 rings (SSSR count). The summed E-state index contributed by atoms with van der Waals surface area (Å²) in [5, 5.41) is 6.87. The lowest BCUT2D eigenvalue weighted by Crippen LogP contribution is -2.17. The number of benzene rings is 2. The maximum atomic E-state index is 5.80.